The van der Waals surface area contributed by atoms with Gasteiger partial charge in [-0.05, 0) is 37.1 Å². The fourth-order valence-corrected chi connectivity index (χ4v) is 2.26. The smallest absolute Gasteiger partial charge is 0.223 e. The van der Waals surface area contributed by atoms with E-state index in [1.54, 1.807) is 12.1 Å². The molecule has 4 heteroatoms. The average Bonchev–Trinajstić information content (AvgIpc) is 2.71. The molecule has 1 aliphatic heterocycles. The number of carbonyl (C=O) groups is 1. The van der Waals surface area contributed by atoms with E-state index >= 15 is 0 Å². The Hall–Kier alpha value is -1.42. The second kappa shape index (κ2) is 4.84. The Bertz CT molecular complexity index is 404. The van der Waals surface area contributed by atoms with E-state index in [0.717, 1.165) is 5.56 Å². The van der Waals surface area contributed by atoms with Crippen molar-refractivity contribution in [1.29, 1.82) is 0 Å². The fraction of sp³-hybridized carbons (Fsp3) is 0.462. The molecule has 2 rings (SSSR count). The Kier molecular flexibility index (Phi) is 3.43. The standard InChI is InChI=1S/C13H17FN2O/c1-9(11-2-4-12(14)5-3-11)16-8-10(7-15)6-13(16)17/h2-5,9-10H,6-8,15H2,1H3. The summed E-state index contributed by atoms with van der Waals surface area (Å²) < 4.78 is 12.8. The van der Waals surface area contributed by atoms with Gasteiger partial charge < -0.3 is 10.6 Å². The van der Waals surface area contributed by atoms with Crippen molar-refractivity contribution >= 4 is 5.91 Å². The minimum atomic E-state index is -0.256. The average molecular weight is 236 g/mol. The van der Waals surface area contributed by atoms with Gasteiger partial charge in [0, 0.05) is 13.0 Å². The van der Waals surface area contributed by atoms with Gasteiger partial charge >= 0.3 is 0 Å². The van der Waals surface area contributed by atoms with Crippen molar-refractivity contribution in [3.05, 3.63) is 35.6 Å². The number of nitrogens with zero attached hydrogens (tertiary/aromatic N) is 1. The van der Waals surface area contributed by atoms with Crippen molar-refractivity contribution < 1.29 is 9.18 Å². The van der Waals surface area contributed by atoms with Gasteiger partial charge in [0.1, 0.15) is 5.82 Å². The molecule has 0 aliphatic carbocycles. The predicted molar refractivity (Wildman–Crippen MR) is 63.7 cm³/mol. The van der Waals surface area contributed by atoms with Crippen LogP contribution < -0.4 is 5.73 Å². The lowest BCUT2D eigenvalue weighted by atomic mass is 10.1. The Morgan fingerprint density at radius 1 is 1.47 bits per heavy atom. The molecular weight excluding hydrogens is 219 g/mol. The van der Waals surface area contributed by atoms with Crippen molar-refractivity contribution in [3.63, 3.8) is 0 Å². The van der Waals surface area contributed by atoms with E-state index in [-0.39, 0.29) is 23.7 Å². The molecule has 2 atom stereocenters. The van der Waals surface area contributed by atoms with Crippen LogP contribution in [-0.2, 0) is 4.79 Å². The maximum absolute atomic E-state index is 12.8. The van der Waals surface area contributed by atoms with Gasteiger partial charge in [0.15, 0.2) is 0 Å². The topological polar surface area (TPSA) is 46.3 Å². The molecule has 1 aromatic rings. The van der Waals surface area contributed by atoms with Crippen molar-refractivity contribution in [1.82, 2.24) is 4.90 Å². The van der Waals surface area contributed by atoms with Gasteiger partial charge in [-0.25, -0.2) is 4.39 Å². The number of nitrogens with two attached hydrogens (primary N) is 1. The van der Waals surface area contributed by atoms with Crippen LogP contribution >= 0.6 is 0 Å². The summed E-state index contributed by atoms with van der Waals surface area (Å²) in [6.07, 6.45) is 0.530. The number of rotatable bonds is 3. The molecule has 17 heavy (non-hydrogen) atoms. The number of carbonyl (C=O) groups excluding carboxylic acids is 1. The summed E-state index contributed by atoms with van der Waals surface area (Å²) in [6, 6.07) is 6.28. The van der Waals surface area contributed by atoms with Crippen molar-refractivity contribution in [2.24, 2.45) is 11.7 Å². The molecule has 0 spiro atoms. The monoisotopic (exact) mass is 236 g/mol. The van der Waals surface area contributed by atoms with Gasteiger partial charge in [-0.2, -0.15) is 0 Å². The quantitative estimate of drug-likeness (QED) is 0.868. The van der Waals surface area contributed by atoms with Crippen LogP contribution in [0.4, 0.5) is 4.39 Å². The van der Waals surface area contributed by atoms with Crippen LogP contribution in [0, 0.1) is 11.7 Å². The van der Waals surface area contributed by atoms with Gasteiger partial charge in [0.05, 0.1) is 6.04 Å². The minimum Gasteiger partial charge on any atom is -0.336 e. The van der Waals surface area contributed by atoms with Crippen LogP contribution in [0.3, 0.4) is 0 Å². The van der Waals surface area contributed by atoms with Crippen LogP contribution in [-0.4, -0.2) is 23.9 Å². The summed E-state index contributed by atoms with van der Waals surface area (Å²) in [4.78, 5) is 13.6. The highest BCUT2D eigenvalue weighted by Crippen LogP contribution is 2.27. The Labute approximate surface area is 100 Å². The number of halogens is 1. The summed E-state index contributed by atoms with van der Waals surface area (Å²) >= 11 is 0. The minimum absolute atomic E-state index is 0.0142. The summed E-state index contributed by atoms with van der Waals surface area (Å²) in [6.45, 7) is 3.20. The van der Waals surface area contributed by atoms with E-state index in [4.69, 9.17) is 5.73 Å². The number of likely N-dealkylation sites (tertiary alicyclic amines) is 1. The van der Waals surface area contributed by atoms with Crippen molar-refractivity contribution in [3.8, 4) is 0 Å². The maximum Gasteiger partial charge on any atom is 0.223 e. The number of hydrogen-bond donors (Lipinski definition) is 1. The third kappa shape index (κ3) is 2.47. The van der Waals surface area contributed by atoms with Crippen LogP contribution in [0.15, 0.2) is 24.3 Å². The third-order valence-electron chi connectivity index (χ3n) is 3.39. The second-order valence-electron chi connectivity index (χ2n) is 4.58. The van der Waals surface area contributed by atoms with Gasteiger partial charge in [-0.3, -0.25) is 4.79 Å². The first kappa shape index (κ1) is 12.0. The van der Waals surface area contributed by atoms with Gasteiger partial charge in [-0.1, -0.05) is 12.1 Å². The zero-order valence-corrected chi connectivity index (χ0v) is 9.90. The molecule has 1 heterocycles. The first-order chi connectivity index (χ1) is 8.11. The van der Waals surface area contributed by atoms with E-state index in [9.17, 15) is 9.18 Å². The van der Waals surface area contributed by atoms with Crippen LogP contribution in [0.25, 0.3) is 0 Å². The number of hydrogen-bond acceptors (Lipinski definition) is 2. The van der Waals surface area contributed by atoms with Gasteiger partial charge in [-0.15, -0.1) is 0 Å². The summed E-state index contributed by atoms with van der Waals surface area (Å²) in [5, 5.41) is 0. The Morgan fingerprint density at radius 3 is 2.65 bits per heavy atom. The van der Waals surface area contributed by atoms with Crippen LogP contribution in [0.5, 0.6) is 0 Å². The summed E-state index contributed by atoms with van der Waals surface area (Å²) in [5.41, 5.74) is 6.54. The van der Waals surface area contributed by atoms with Crippen molar-refractivity contribution in [2.45, 2.75) is 19.4 Å². The Balaban J connectivity index is 2.12. The first-order valence-electron chi connectivity index (χ1n) is 5.87. The molecular formula is C13H17FN2O. The molecule has 1 aliphatic rings. The molecule has 2 N–H and O–H groups in total. The zero-order chi connectivity index (χ0) is 12.4. The van der Waals surface area contributed by atoms with E-state index in [0.29, 0.717) is 19.5 Å². The molecule has 92 valence electrons. The SMILES string of the molecule is CC(c1ccc(F)cc1)N1CC(CN)CC1=O. The van der Waals surface area contributed by atoms with E-state index in [1.165, 1.54) is 12.1 Å². The lowest BCUT2D eigenvalue weighted by molar-refractivity contribution is -0.129. The van der Waals surface area contributed by atoms with Crippen molar-refractivity contribution in [2.75, 3.05) is 13.1 Å². The normalized spacial score (nSPS) is 21.9. The number of benzene rings is 1. The molecule has 1 saturated heterocycles. The van der Waals surface area contributed by atoms with Gasteiger partial charge in [0.25, 0.3) is 0 Å². The van der Waals surface area contributed by atoms with Crippen LogP contribution in [0.2, 0.25) is 0 Å². The lowest BCUT2D eigenvalue weighted by Crippen LogP contribution is -2.29. The highest BCUT2D eigenvalue weighted by atomic mass is 19.1. The summed E-state index contributed by atoms with van der Waals surface area (Å²) in [7, 11) is 0. The van der Waals surface area contributed by atoms with Gasteiger partial charge in [0.2, 0.25) is 5.91 Å². The van der Waals surface area contributed by atoms with E-state index in [2.05, 4.69) is 0 Å². The molecule has 0 bridgehead atoms. The molecule has 1 aromatic carbocycles. The Morgan fingerprint density at radius 2 is 2.12 bits per heavy atom. The molecule has 0 saturated carbocycles. The molecule has 1 fully saturated rings. The largest absolute Gasteiger partial charge is 0.336 e. The lowest BCUT2D eigenvalue weighted by Gasteiger charge is -2.25. The molecule has 0 radical (unpaired) electrons. The fourth-order valence-electron chi connectivity index (χ4n) is 2.26. The summed E-state index contributed by atoms with van der Waals surface area (Å²) in [5.74, 6) is 0.135. The second-order valence-corrected chi connectivity index (χ2v) is 4.58. The zero-order valence-electron chi connectivity index (χ0n) is 9.90. The maximum atomic E-state index is 12.8. The van der Waals surface area contributed by atoms with Crippen LogP contribution in [0.1, 0.15) is 24.9 Å². The third-order valence-corrected chi connectivity index (χ3v) is 3.39. The molecule has 3 nitrogen and oxygen atoms in total. The predicted octanol–water partition coefficient (Wildman–Crippen LogP) is 1.69. The molecule has 1 amide bonds. The highest BCUT2D eigenvalue weighted by Gasteiger charge is 2.32. The molecule has 2 unspecified atom stereocenters. The molecule has 0 aromatic heterocycles. The number of amides is 1. The highest BCUT2D eigenvalue weighted by molar-refractivity contribution is 5.79. The first-order valence-corrected chi connectivity index (χ1v) is 5.87. The van der Waals surface area contributed by atoms with E-state index < -0.39 is 0 Å². The van der Waals surface area contributed by atoms with E-state index in [1.807, 2.05) is 11.8 Å².